The zero-order valence-electron chi connectivity index (χ0n) is 12.6. The number of aryl methyl sites for hydroxylation is 2. The van der Waals surface area contributed by atoms with Crippen LogP contribution in [0, 0.1) is 0 Å². The van der Waals surface area contributed by atoms with Gasteiger partial charge in [0.1, 0.15) is 0 Å². The van der Waals surface area contributed by atoms with Crippen molar-refractivity contribution < 1.29 is 9.53 Å². The van der Waals surface area contributed by atoms with Gasteiger partial charge in [-0.1, -0.05) is 42.5 Å². The van der Waals surface area contributed by atoms with Crippen LogP contribution in [0.3, 0.4) is 0 Å². The number of nitrogens with zero attached hydrogens (tertiary/aromatic N) is 3. The van der Waals surface area contributed by atoms with Crippen molar-refractivity contribution in [1.29, 1.82) is 0 Å². The minimum absolute atomic E-state index is 0.336. The van der Waals surface area contributed by atoms with Crippen LogP contribution in [0.25, 0.3) is 0 Å². The molecule has 1 heterocycles. The topological polar surface area (TPSA) is 57.0 Å². The van der Waals surface area contributed by atoms with Gasteiger partial charge in [0.05, 0.1) is 12.8 Å². The Labute approximate surface area is 124 Å². The molecule has 5 nitrogen and oxygen atoms in total. The third kappa shape index (κ3) is 3.90. The molecule has 0 aliphatic heterocycles. The number of benzene rings is 1. The van der Waals surface area contributed by atoms with Gasteiger partial charge in [0.2, 0.25) is 0 Å². The van der Waals surface area contributed by atoms with Crippen LogP contribution in [-0.4, -0.2) is 28.1 Å². The number of aromatic nitrogens is 3. The first-order valence-corrected chi connectivity index (χ1v) is 7.30. The van der Waals surface area contributed by atoms with Crippen molar-refractivity contribution in [2.75, 3.05) is 7.11 Å². The van der Waals surface area contributed by atoms with Gasteiger partial charge < -0.3 is 4.74 Å². The lowest BCUT2D eigenvalue weighted by atomic mass is 10.1. The number of rotatable bonds is 7. The lowest BCUT2D eigenvalue weighted by molar-refractivity contribution is 0.0592. The first kappa shape index (κ1) is 15.2. The van der Waals surface area contributed by atoms with E-state index >= 15 is 0 Å². The van der Waals surface area contributed by atoms with Crippen molar-refractivity contribution in [3.8, 4) is 0 Å². The fraction of sp³-hybridized carbons (Fsp3) is 0.438. The lowest BCUT2D eigenvalue weighted by Crippen LogP contribution is -2.09. The molecule has 0 N–H and O–H groups in total. The molecule has 0 saturated carbocycles. The van der Waals surface area contributed by atoms with Crippen LogP contribution in [0.1, 0.15) is 41.5 Å². The van der Waals surface area contributed by atoms with Gasteiger partial charge in [-0.15, -0.1) is 5.10 Å². The number of carbonyl (C=O) groups is 1. The predicted octanol–water partition coefficient (Wildman–Crippen LogP) is 2.65. The second-order valence-corrected chi connectivity index (χ2v) is 4.90. The van der Waals surface area contributed by atoms with Crippen molar-refractivity contribution in [2.24, 2.45) is 0 Å². The lowest BCUT2D eigenvalue weighted by Gasteiger charge is -2.06. The predicted molar refractivity (Wildman–Crippen MR) is 80.1 cm³/mol. The SMILES string of the molecule is CCc1c(C(=O)OC)nnn1CCCCc1ccccc1. The Bertz CT molecular complexity index is 578. The maximum Gasteiger partial charge on any atom is 0.360 e. The zero-order valence-corrected chi connectivity index (χ0v) is 12.6. The number of carbonyl (C=O) groups excluding carboxylic acids is 1. The van der Waals surface area contributed by atoms with Gasteiger partial charge in [-0.25, -0.2) is 9.48 Å². The maximum absolute atomic E-state index is 11.6. The maximum atomic E-state index is 11.6. The molecular formula is C16H21N3O2. The van der Waals surface area contributed by atoms with Crippen LogP contribution in [0.4, 0.5) is 0 Å². The fourth-order valence-corrected chi connectivity index (χ4v) is 2.35. The van der Waals surface area contributed by atoms with Gasteiger partial charge in [0, 0.05) is 6.54 Å². The highest BCUT2D eigenvalue weighted by molar-refractivity contribution is 5.88. The van der Waals surface area contributed by atoms with Gasteiger partial charge in [-0.05, 0) is 31.2 Å². The number of unbranched alkanes of at least 4 members (excludes halogenated alkanes) is 1. The molecule has 2 rings (SSSR count). The first-order valence-electron chi connectivity index (χ1n) is 7.30. The van der Waals surface area contributed by atoms with Crippen molar-refractivity contribution in [2.45, 2.75) is 39.2 Å². The fourth-order valence-electron chi connectivity index (χ4n) is 2.35. The summed E-state index contributed by atoms with van der Waals surface area (Å²) in [6.45, 7) is 2.77. The summed E-state index contributed by atoms with van der Waals surface area (Å²) in [6.07, 6.45) is 3.86. The minimum Gasteiger partial charge on any atom is -0.464 e. The van der Waals surface area contributed by atoms with E-state index in [1.54, 1.807) is 0 Å². The summed E-state index contributed by atoms with van der Waals surface area (Å²) in [5.74, 6) is -0.414. The van der Waals surface area contributed by atoms with Gasteiger partial charge >= 0.3 is 5.97 Å². The van der Waals surface area contributed by atoms with Crippen molar-refractivity contribution in [1.82, 2.24) is 15.0 Å². The smallest absolute Gasteiger partial charge is 0.360 e. The average Bonchev–Trinajstić information content (AvgIpc) is 2.94. The summed E-state index contributed by atoms with van der Waals surface area (Å²) in [5.41, 5.74) is 2.53. The molecule has 0 fully saturated rings. The second kappa shape index (κ2) is 7.57. The highest BCUT2D eigenvalue weighted by Crippen LogP contribution is 2.10. The molecule has 0 bridgehead atoms. The molecule has 2 aromatic rings. The Kier molecular flexibility index (Phi) is 5.49. The van der Waals surface area contributed by atoms with E-state index in [0.29, 0.717) is 5.69 Å². The van der Waals surface area contributed by atoms with Gasteiger partial charge in [-0.3, -0.25) is 0 Å². The number of esters is 1. The molecule has 112 valence electrons. The Balaban J connectivity index is 1.88. The molecule has 1 aromatic heterocycles. The monoisotopic (exact) mass is 287 g/mol. The highest BCUT2D eigenvalue weighted by Gasteiger charge is 2.18. The van der Waals surface area contributed by atoms with E-state index in [1.165, 1.54) is 12.7 Å². The second-order valence-electron chi connectivity index (χ2n) is 4.90. The van der Waals surface area contributed by atoms with E-state index in [9.17, 15) is 4.79 Å². The molecule has 0 radical (unpaired) electrons. The first-order chi connectivity index (χ1) is 10.3. The van der Waals surface area contributed by atoms with Crippen LogP contribution in [0.5, 0.6) is 0 Å². The van der Waals surface area contributed by atoms with Crippen LogP contribution in [0.2, 0.25) is 0 Å². The van der Waals surface area contributed by atoms with Crippen LogP contribution in [-0.2, 0) is 24.1 Å². The number of hydrogen-bond donors (Lipinski definition) is 0. The molecule has 0 spiro atoms. The molecule has 0 aliphatic rings. The largest absolute Gasteiger partial charge is 0.464 e. The molecular weight excluding hydrogens is 266 g/mol. The third-order valence-corrected chi connectivity index (χ3v) is 3.48. The van der Waals surface area contributed by atoms with E-state index in [4.69, 9.17) is 4.74 Å². The minimum atomic E-state index is -0.414. The summed E-state index contributed by atoms with van der Waals surface area (Å²) >= 11 is 0. The number of ether oxygens (including phenoxy) is 1. The molecule has 0 unspecified atom stereocenters. The van der Waals surface area contributed by atoms with Crippen LogP contribution < -0.4 is 0 Å². The molecule has 0 atom stereocenters. The summed E-state index contributed by atoms with van der Waals surface area (Å²) in [5, 5.41) is 8.00. The zero-order chi connectivity index (χ0) is 15.1. The summed E-state index contributed by atoms with van der Waals surface area (Å²) in [6, 6.07) is 10.4. The molecule has 0 aliphatic carbocycles. The van der Waals surface area contributed by atoms with Gasteiger partial charge in [0.15, 0.2) is 5.69 Å². The van der Waals surface area contributed by atoms with E-state index in [0.717, 1.165) is 37.9 Å². The van der Waals surface area contributed by atoms with Gasteiger partial charge in [0.25, 0.3) is 0 Å². The van der Waals surface area contributed by atoms with Gasteiger partial charge in [-0.2, -0.15) is 0 Å². The molecule has 5 heteroatoms. The Morgan fingerprint density at radius 1 is 1.24 bits per heavy atom. The summed E-state index contributed by atoms with van der Waals surface area (Å²) < 4.78 is 6.54. The highest BCUT2D eigenvalue weighted by atomic mass is 16.5. The van der Waals surface area contributed by atoms with Crippen LogP contribution >= 0.6 is 0 Å². The summed E-state index contributed by atoms with van der Waals surface area (Å²) in [7, 11) is 1.36. The Hall–Kier alpha value is -2.17. The summed E-state index contributed by atoms with van der Waals surface area (Å²) in [4.78, 5) is 11.6. The number of hydrogen-bond acceptors (Lipinski definition) is 4. The van der Waals surface area contributed by atoms with Crippen molar-refractivity contribution >= 4 is 5.97 Å². The van der Waals surface area contributed by atoms with E-state index < -0.39 is 5.97 Å². The van der Waals surface area contributed by atoms with Crippen LogP contribution in [0.15, 0.2) is 30.3 Å². The number of methoxy groups -OCH3 is 1. The molecule has 1 aromatic carbocycles. The van der Waals surface area contributed by atoms with Crippen molar-refractivity contribution in [3.63, 3.8) is 0 Å². The Morgan fingerprint density at radius 2 is 2.00 bits per heavy atom. The van der Waals surface area contributed by atoms with E-state index in [-0.39, 0.29) is 0 Å². The molecule has 0 saturated heterocycles. The normalized spacial score (nSPS) is 10.6. The van der Waals surface area contributed by atoms with Crippen molar-refractivity contribution in [3.05, 3.63) is 47.3 Å². The molecule has 21 heavy (non-hydrogen) atoms. The van der Waals surface area contributed by atoms with E-state index in [1.807, 2.05) is 17.7 Å². The quantitative estimate of drug-likeness (QED) is 0.580. The average molecular weight is 287 g/mol. The third-order valence-electron chi connectivity index (χ3n) is 3.48. The standard InChI is InChI=1S/C16H21N3O2/c1-3-14-15(16(20)21-2)17-18-19(14)12-8-7-11-13-9-5-4-6-10-13/h4-6,9-10H,3,7-8,11-12H2,1-2H3. The van der Waals surface area contributed by atoms with E-state index in [2.05, 4.69) is 34.6 Å². The Morgan fingerprint density at radius 3 is 2.67 bits per heavy atom. The molecule has 0 amide bonds.